The van der Waals surface area contributed by atoms with Gasteiger partial charge in [-0.3, -0.25) is 14.6 Å². The number of rotatable bonds is 4. The average Bonchev–Trinajstić information content (AvgIpc) is 2.53. The van der Waals surface area contributed by atoms with Crippen LogP contribution < -0.4 is 21.3 Å². The van der Waals surface area contributed by atoms with Gasteiger partial charge in [-0.05, 0) is 43.7 Å². The van der Waals surface area contributed by atoms with Crippen LogP contribution in [0.4, 0.5) is 11.4 Å². The molecule has 0 aliphatic carbocycles. The molecule has 7 heteroatoms. The van der Waals surface area contributed by atoms with E-state index in [0.29, 0.717) is 28.5 Å². The first-order valence-electron chi connectivity index (χ1n) is 8.07. The first-order valence-corrected chi connectivity index (χ1v) is 8.07. The number of benzene rings is 1. The van der Waals surface area contributed by atoms with Gasteiger partial charge in [0.1, 0.15) is 5.82 Å². The van der Waals surface area contributed by atoms with Crippen LogP contribution in [-0.2, 0) is 9.59 Å². The molecule has 0 fully saturated rings. The molecule has 1 heterocycles. The zero-order valence-corrected chi connectivity index (χ0v) is 15.4. The van der Waals surface area contributed by atoms with Crippen molar-refractivity contribution >= 4 is 29.4 Å². The predicted octanol–water partition coefficient (Wildman–Crippen LogP) is 2.41. The zero-order valence-electron chi connectivity index (χ0n) is 15.4. The van der Waals surface area contributed by atoms with E-state index in [9.17, 15) is 9.59 Å². The highest BCUT2D eigenvalue weighted by molar-refractivity contribution is 6.18. The smallest absolute Gasteiger partial charge is 0.260 e. The number of nitrogens with one attached hydrogen (secondary N) is 4. The van der Waals surface area contributed by atoms with E-state index in [0.717, 1.165) is 11.3 Å². The number of carbonyl (C=O) groups is 2. The number of nitrogens with zero attached hydrogens (tertiary/aromatic N) is 1. The van der Waals surface area contributed by atoms with Crippen LogP contribution in [0.1, 0.15) is 19.4 Å². The van der Waals surface area contributed by atoms with Crippen LogP contribution in [0.5, 0.6) is 0 Å². The molecule has 136 valence electrons. The van der Waals surface area contributed by atoms with Gasteiger partial charge in [-0.1, -0.05) is 6.58 Å². The number of hydrogen-bond acceptors (Lipinski definition) is 5. The van der Waals surface area contributed by atoms with Gasteiger partial charge in [0, 0.05) is 43.0 Å². The largest absolute Gasteiger partial charge is 0.345 e. The quantitative estimate of drug-likeness (QED) is 0.494. The van der Waals surface area contributed by atoms with Crippen LogP contribution >= 0.6 is 0 Å². The standard InChI is InChI=1S/C19H23N5O2/c1-11-8-15(6-7-17(11)23-14(4)25)24-19(26)16(10-20-5)18-21-12(2)9-13(3)22-18/h6-10,21-22H,2H2,1,3-5H3,(H,23,25)(H,24,26)/b18-16+,20-10?. The molecule has 0 bridgehead atoms. The van der Waals surface area contributed by atoms with Gasteiger partial charge in [0.25, 0.3) is 5.91 Å². The second kappa shape index (κ2) is 8.15. The fourth-order valence-electron chi connectivity index (χ4n) is 2.49. The van der Waals surface area contributed by atoms with Crippen molar-refractivity contribution in [2.24, 2.45) is 4.99 Å². The predicted molar refractivity (Wildman–Crippen MR) is 105 cm³/mol. The van der Waals surface area contributed by atoms with Gasteiger partial charge in [0.05, 0.1) is 5.57 Å². The van der Waals surface area contributed by atoms with Crippen molar-refractivity contribution in [1.82, 2.24) is 10.6 Å². The Morgan fingerprint density at radius 3 is 2.50 bits per heavy atom. The summed E-state index contributed by atoms with van der Waals surface area (Å²) in [4.78, 5) is 27.9. The van der Waals surface area contributed by atoms with Gasteiger partial charge < -0.3 is 21.3 Å². The molecular weight excluding hydrogens is 330 g/mol. The van der Waals surface area contributed by atoms with E-state index in [2.05, 4.69) is 32.8 Å². The summed E-state index contributed by atoms with van der Waals surface area (Å²) in [5, 5.41) is 11.7. The van der Waals surface area contributed by atoms with Gasteiger partial charge in [-0.15, -0.1) is 0 Å². The van der Waals surface area contributed by atoms with Gasteiger partial charge in [-0.2, -0.15) is 0 Å². The van der Waals surface area contributed by atoms with E-state index in [1.807, 2.05) is 19.9 Å². The van der Waals surface area contributed by atoms with Crippen molar-refractivity contribution in [1.29, 1.82) is 0 Å². The molecule has 0 spiro atoms. The third-order valence-corrected chi connectivity index (χ3v) is 3.57. The van der Waals surface area contributed by atoms with E-state index in [1.54, 1.807) is 25.2 Å². The Kier molecular flexibility index (Phi) is 5.95. The Labute approximate surface area is 153 Å². The van der Waals surface area contributed by atoms with Crippen LogP contribution in [0.15, 0.2) is 58.6 Å². The third kappa shape index (κ3) is 4.83. The molecule has 0 saturated carbocycles. The number of hydrogen-bond donors (Lipinski definition) is 4. The molecule has 2 amide bonds. The second-order valence-corrected chi connectivity index (χ2v) is 5.94. The lowest BCUT2D eigenvalue weighted by molar-refractivity contribution is -0.114. The molecule has 2 rings (SSSR count). The molecule has 0 aromatic heterocycles. The molecular formula is C19H23N5O2. The summed E-state index contributed by atoms with van der Waals surface area (Å²) in [6.07, 6.45) is 3.32. The first kappa shape index (κ1) is 19.0. The van der Waals surface area contributed by atoms with Gasteiger partial charge in [-0.25, -0.2) is 0 Å². The minimum absolute atomic E-state index is 0.144. The van der Waals surface area contributed by atoms with Crippen LogP contribution in [0.3, 0.4) is 0 Å². The summed E-state index contributed by atoms with van der Waals surface area (Å²) in [7, 11) is 1.60. The Balaban J connectivity index is 2.26. The molecule has 1 aromatic carbocycles. The molecule has 0 atom stereocenters. The minimum atomic E-state index is -0.320. The van der Waals surface area contributed by atoms with Gasteiger partial charge >= 0.3 is 0 Å². The second-order valence-electron chi connectivity index (χ2n) is 5.94. The third-order valence-electron chi connectivity index (χ3n) is 3.57. The van der Waals surface area contributed by atoms with E-state index in [4.69, 9.17) is 0 Å². The van der Waals surface area contributed by atoms with Crippen molar-refractivity contribution in [2.75, 3.05) is 17.7 Å². The molecule has 1 aliphatic rings. The van der Waals surface area contributed by atoms with Crippen molar-refractivity contribution < 1.29 is 9.59 Å². The number of allylic oxidation sites excluding steroid dienone is 2. The Hall–Kier alpha value is -3.35. The molecule has 1 aromatic rings. The summed E-state index contributed by atoms with van der Waals surface area (Å²) in [6.45, 7) is 9.06. The van der Waals surface area contributed by atoms with Crippen molar-refractivity contribution in [2.45, 2.75) is 20.8 Å². The zero-order chi connectivity index (χ0) is 19.3. The highest BCUT2D eigenvalue weighted by atomic mass is 16.2. The van der Waals surface area contributed by atoms with Crippen LogP contribution in [0.2, 0.25) is 0 Å². The molecule has 0 unspecified atom stereocenters. The lowest BCUT2D eigenvalue weighted by Gasteiger charge is -2.22. The van der Waals surface area contributed by atoms with Crippen LogP contribution in [0, 0.1) is 6.92 Å². The van der Waals surface area contributed by atoms with Gasteiger partial charge in [0.2, 0.25) is 5.91 Å². The summed E-state index contributed by atoms with van der Waals surface area (Å²) in [5.74, 6) is 0.0543. The normalized spacial score (nSPS) is 15.7. The summed E-state index contributed by atoms with van der Waals surface area (Å²) in [5.41, 5.74) is 4.07. The van der Waals surface area contributed by atoms with E-state index >= 15 is 0 Å². The fraction of sp³-hybridized carbons (Fsp3) is 0.211. The fourth-order valence-corrected chi connectivity index (χ4v) is 2.49. The first-order chi connectivity index (χ1) is 12.3. The van der Waals surface area contributed by atoms with Crippen molar-refractivity contribution in [3.8, 4) is 0 Å². The number of carbonyl (C=O) groups excluding carboxylic acids is 2. The number of anilines is 2. The lowest BCUT2D eigenvalue weighted by atomic mass is 10.1. The molecule has 0 radical (unpaired) electrons. The molecule has 7 nitrogen and oxygen atoms in total. The maximum atomic E-state index is 12.7. The Bertz CT molecular complexity index is 849. The summed E-state index contributed by atoms with van der Waals surface area (Å²) in [6, 6.07) is 5.27. The summed E-state index contributed by atoms with van der Waals surface area (Å²) >= 11 is 0. The van der Waals surface area contributed by atoms with E-state index < -0.39 is 0 Å². The molecule has 1 aliphatic heterocycles. The highest BCUT2D eigenvalue weighted by Crippen LogP contribution is 2.20. The maximum absolute atomic E-state index is 12.7. The summed E-state index contributed by atoms with van der Waals surface area (Å²) < 4.78 is 0. The number of amides is 2. The maximum Gasteiger partial charge on any atom is 0.260 e. The van der Waals surface area contributed by atoms with E-state index in [-0.39, 0.29) is 11.8 Å². The number of aliphatic imine (C=N–C) groups is 1. The topological polar surface area (TPSA) is 94.6 Å². The SMILES string of the molecule is C=C1C=C(C)N/C(=C(\C=NC)C(=O)Nc2ccc(NC(C)=O)c(C)c2)N1. The lowest BCUT2D eigenvalue weighted by Crippen LogP contribution is -2.33. The Morgan fingerprint density at radius 2 is 1.92 bits per heavy atom. The van der Waals surface area contributed by atoms with Gasteiger partial charge in [0.15, 0.2) is 0 Å². The monoisotopic (exact) mass is 353 g/mol. The van der Waals surface area contributed by atoms with E-state index in [1.165, 1.54) is 13.1 Å². The minimum Gasteiger partial charge on any atom is -0.345 e. The van der Waals surface area contributed by atoms with Crippen molar-refractivity contribution in [3.05, 3.63) is 59.2 Å². The molecule has 0 saturated heterocycles. The van der Waals surface area contributed by atoms with Crippen LogP contribution in [0.25, 0.3) is 0 Å². The molecule has 26 heavy (non-hydrogen) atoms. The van der Waals surface area contributed by atoms with Crippen molar-refractivity contribution in [3.63, 3.8) is 0 Å². The average molecular weight is 353 g/mol. The molecule has 4 N–H and O–H groups in total. The highest BCUT2D eigenvalue weighted by Gasteiger charge is 2.17. The Morgan fingerprint density at radius 1 is 1.19 bits per heavy atom. The van der Waals surface area contributed by atoms with Crippen LogP contribution in [-0.4, -0.2) is 25.1 Å². The number of aryl methyl sites for hydroxylation is 1.